The van der Waals surface area contributed by atoms with E-state index in [4.69, 9.17) is 0 Å². The number of rotatable bonds is 2. The highest BCUT2D eigenvalue weighted by molar-refractivity contribution is 6.99. The first-order valence-electron chi connectivity index (χ1n) is 3.68. The lowest BCUT2D eigenvalue weighted by Gasteiger charge is -1.94. The summed E-state index contributed by atoms with van der Waals surface area (Å²) in [5.74, 6) is 0. The van der Waals surface area contributed by atoms with Crippen LogP contribution in [0.1, 0.15) is 11.3 Å². The molecular formula is C9H7N2S. The van der Waals surface area contributed by atoms with Crippen LogP contribution in [0.4, 0.5) is 0 Å². The van der Waals surface area contributed by atoms with Gasteiger partial charge in [0.05, 0.1) is 17.4 Å². The number of nitrogens with zero attached hydrogens (tertiary/aromatic N) is 2. The third kappa shape index (κ3) is 1.68. The molecule has 0 aliphatic carbocycles. The van der Waals surface area contributed by atoms with Gasteiger partial charge in [0.25, 0.3) is 0 Å². The molecule has 0 amide bonds. The van der Waals surface area contributed by atoms with Gasteiger partial charge < -0.3 is 0 Å². The summed E-state index contributed by atoms with van der Waals surface area (Å²) in [5.41, 5.74) is 2.17. The van der Waals surface area contributed by atoms with Gasteiger partial charge in [0.2, 0.25) is 0 Å². The normalized spacial score (nSPS) is 10.0. The van der Waals surface area contributed by atoms with Crippen LogP contribution in [0.15, 0.2) is 30.3 Å². The Morgan fingerprint density at radius 3 is 2.75 bits per heavy atom. The number of aromatic nitrogens is 2. The molecule has 0 unspecified atom stereocenters. The second-order valence-corrected chi connectivity index (χ2v) is 3.01. The largest absolute Gasteiger partial charge is 0.177 e. The maximum atomic E-state index is 4.09. The minimum absolute atomic E-state index is 0.831. The molecule has 2 aromatic rings. The average molecular weight is 175 g/mol. The van der Waals surface area contributed by atoms with Crippen molar-refractivity contribution in [3.05, 3.63) is 47.8 Å². The molecule has 0 atom stereocenters. The predicted molar refractivity (Wildman–Crippen MR) is 48.0 cm³/mol. The fourth-order valence-corrected chi connectivity index (χ4v) is 1.42. The zero-order valence-corrected chi connectivity index (χ0v) is 7.21. The summed E-state index contributed by atoms with van der Waals surface area (Å²) in [6, 6.07) is 10.2. The van der Waals surface area contributed by atoms with Crippen molar-refractivity contribution in [3.8, 4) is 0 Å². The molecule has 0 saturated heterocycles. The van der Waals surface area contributed by atoms with Gasteiger partial charge in [-0.25, -0.2) is 0 Å². The minimum atomic E-state index is 0.831. The van der Waals surface area contributed by atoms with Gasteiger partial charge in [-0.3, -0.25) is 0 Å². The maximum Gasteiger partial charge on any atom is 0.129 e. The molecule has 0 aliphatic heterocycles. The van der Waals surface area contributed by atoms with E-state index in [2.05, 4.69) is 27.1 Å². The molecule has 0 aliphatic rings. The van der Waals surface area contributed by atoms with Gasteiger partial charge in [-0.1, -0.05) is 30.3 Å². The summed E-state index contributed by atoms with van der Waals surface area (Å²) in [7, 11) is 0. The minimum Gasteiger partial charge on any atom is -0.177 e. The van der Waals surface area contributed by atoms with E-state index in [1.807, 2.05) is 18.2 Å². The molecule has 0 fully saturated rings. The van der Waals surface area contributed by atoms with E-state index in [0.29, 0.717) is 0 Å². The number of benzene rings is 1. The molecule has 1 heterocycles. The van der Waals surface area contributed by atoms with E-state index >= 15 is 0 Å². The van der Waals surface area contributed by atoms with E-state index in [0.717, 1.165) is 12.1 Å². The van der Waals surface area contributed by atoms with Crippen LogP contribution in [0.25, 0.3) is 0 Å². The van der Waals surface area contributed by atoms with Gasteiger partial charge in [0.15, 0.2) is 0 Å². The molecule has 59 valence electrons. The highest BCUT2D eigenvalue weighted by Gasteiger charge is 1.97. The third-order valence-corrected chi connectivity index (χ3v) is 2.06. The topological polar surface area (TPSA) is 25.8 Å². The van der Waals surface area contributed by atoms with E-state index in [1.165, 1.54) is 17.3 Å². The van der Waals surface area contributed by atoms with Gasteiger partial charge in [-0.05, 0) is 5.56 Å². The second kappa shape index (κ2) is 3.45. The second-order valence-electron chi connectivity index (χ2n) is 2.49. The predicted octanol–water partition coefficient (Wildman–Crippen LogP) is 1.93. The fraction of sp³-hybridized carbons (Fsp3) is 0.111. The summed E-state index contributed by atoms with van der Waals surface area (Å²) in [6.45, 7) is 0. The van der Waals surface area contributed by atoms with Gasteiger partial charge in [0, 0.05) is 6.42 Å². The van der Waals surface area contributed by atoms with Crippen LogP contribution in [0.3, 0.4) is 0 Å². The van der Waals surface area contributed by atoms with Crippen LogP contribution in [0, 0.1) is 6.20 Å². The standard InChI is InChI=1S/C9H7N2S/c1-2-4-8(5-3-1)6-9-7-10-12-11-9/h1-5H,6H2. The molecule has 0 bridgehead atoms. The van der Waals surface area contributed by atoms with Crippen LogP contribution in [-0.4, -0.2) is 8.75 Å². The van der Waals surface area contributed by atoms with Crippen molar-refractivity contribution in [1.29, 1.82) is 0 Å². The Morgan fingerprint density at radius 2 is 2.08 bits per heavy atom. The van der Waals surface area contributed by atoms with Gasteiger partial charge in [-0.2, -0.15) is 8.75 Å². The van der Waals surface area contributed by atoms with E-state index in [-0.39, 0.29) is 0 Å². The Balaban J connectivity index is 2.15. The first-order valence-corrected chi connectivity index (χ1v) is 4.41. The Bertz CT molecular complexity index is 329. The Morgan fingerprint density at radius 1 is 1.25 bits per heavy atom. The summed E-state index contributed by atoms with van der Waals surface area (Å²) >= 11 is 1.20. The van der Waals surface area contributed by atoms with Crippen LogP contribution < -0.4 is 0 Å². The molecule has 2 nitrogen and oxygen atoms in total. The summed E-state index contributed by atoms with van der Waals surface area (Å²) in [5, 5.41) is 0. The Hall–Kier alpha value is -1.22. The summed E-state index contributed by atoms with van der Waals surface area (Å²) in [4.78, 5) is 0. The fourth-order valence-electron chi connectivity index (χ4n) is 1.02. The lowest BCUT2D eigenvalue weighted by Crippen LogP contribution is -1.86. The van der Waals surface area contributed by atoms with Crippen molar-refractivity contribution in [2.45, 2.75) is 6.42 Å². The van der Waals surface area contributed by atoms with Crippen LogP contribution >= 0.6 is 11.7 Å². The van der Waals surface area contributed by atoms with Crippen LogP contribution in [0.5, 0.6) is 0 Å². The maximum absolute atomic E-state index is 4.09. The van der Waals surface area contributed by atoms with Crippen LogP contribution in [-0.2, 0) is 6.42 Å². The molecule has 3 heteroatoms. The zero-order valence-electron chi connectivity index (χ0n) is 6.40. The highest BCUT2D eigenvalue weighted by atomic mass is 32.1. The molecule has 0 N–H and O–H groups in total. The zero-order chi connectivity index (χ0) is 8.23. The van der Waals surface area contributed by atoms with Crippen molar-refractivity contribution in [2.24, 2.45) is 0 Å². The van der Waals surface area contributed by atoms with E-state index in [9.17, 15) is 0 Å². The van der Waals surface area contributed by atoms with Crippen molar-refractivity contribution in [2.75, 3.05) is 0 Å². The lowest BCUT2D eigenvalue weighted by molar-refractivity contribution is 1.12. The van der Waals surface area contributed by atoms with Crippen molar-refractivity contribution in [3.63, 3.8) is 0 Å². The molecule has 1 aromatic heterocycles. The number of hydrogen-bond acceptors (Lipinski definition) is 3. The van der Waals surface area contributed by atoms with Crippen molar-refractivity contribution < 1.29 is 0 Å². The molecule has 0 saturated carbocycles. The molecule has 0 spiro atoms. The van der Waals surface area contributed by atoms with Crippen molar-refractivity contribution in [1.82, 2.24) is 8.75 Å². The first kappa shape index (κ1) is 7.43. The van der Waals surface area contributed by atoms with Gasteiger partial charge in [0.1, 0.15) is 6.20 Å². The van der Waals surface area contributed by atoms with Crippen LogP contribution in [0.2, 0.25) is 0 Å². The van der Waals surface area contributed by atoms with E-state index in [1.54, 1.807) is 0 Å². The molecule has 1 aromatic carbocycles. The summed E-state index contributed by atoms with van der Waals surface area (Å²) in [6.07, 6.45) is 3.67. The molecule has 1 radical (unpaired) electrons. The SMILES string of the molecule is [c]1nsnc1Cc1ccccc1. The van der Waals surface area contributed by atoms with Gasteiger partial charge >= 0.3 is 0 Å². The molecule has 2 rings (SSSR count). The van der Waals surface area contributed by atoms with Crippen molar-refractivity contribution >= 4 is 11.7 Å². The summed E-state index contributed by atoms with van der Waals surface area (Å²) < 4.78 is 7.91. The smallest absolute Gasteiger partial charge is 0.129 e. The average Bonchev–Trinajstić information content (AvgIpc) is 2.59. The Labute approximate surface area is 75.2 Å². The number of hydrogen-bond donors (Lipinski definition) is 0. The highest BCUT2D eigenvalue weighted by Crippen LogP contribution is 2.05. The molecule has 12 heavy (non-hydrogen) atoms. The quantitative estimate of drug-likeness (QED) is 0.697. The lowest BCUT2D eigenvalue weighted by atomic mass is 10.1. The molecular weight excluding hydrogens is 168 g/mol. The first-order chi connectivity index (χ1) is 5.95. The Kier molecular flexibility index (Phi) is 2.14. The third-order valence-electron chi connectivity index (χ3n) is 1.58. The van der Waals surface area contributed by atoms with Gasteiger partial charge in [-0.15, -0.1) is 0 Å². The van der Waals surface area contributed by atoms with E-state index < -0.39 is 0 Å². The monoisotopic (exact) mass is 175 g/mol.